The predicted octanol–water partition coefficient (Wildman–Crippen LogP) is 2.77. The van der Waals surface area contributed by atoms with Gasteiger partial charge in [0, 0.05) is 17.1 Å². The third kappa shape index (κ3) is 2.06. The number of benzene rings is 1. The number of carbonyl (C=O) groups excluding carboxylic acids is 1. The zero-order valence-electron chi connectivity index (χ0n) is 10.8. The van der Waals surface area contributed by atoms with Crippen molar-refractivity contribution in [1.82, 2.24) is 4.57 Å². The van der Waals surface area contributed by atoms with E-state index >= 15 is 0 Å². The van der Waals surface area contributed by atoms with Crippen LogP contribution in [0.25, 0.3) is 10.9 Å². The Bertz CT molecular complexity index is 559. The molecule has 1 unspecified atom stereocenters. The molecule has 0 spiro atoms. The second kappa shape index (κ2) is 5.12. The summed E-state index contributed by atoms with van der Waals surface area (Å²) in [6.07, 6.45) is 2.61. The first-order valence-electron chi connectivity index (χ1n) is 5.93. The average molecular weight is 247 g/mol. The summed E-state index contributed by atoms with van der Waals surface area (Å²) in [4.78, 5) is 11.7. The van der Waals surface area contributed by atoms with Gasteiger partial charge in [0.25, 0.3) is 0 Å². The summed E-state index contributed by atoms with van der Waals surface area (Å²) in [5.41, 5.74) is 1.01. The molecule has 0 bridgehead atoms. The topological polar surface area (TPSA) is 40.5 Å². The fourth-order valence-electron chi connectivity index (χ4n) is 2.15. The van der Waals surface area contributed by atoms with E-state index in [1.54, 1.807) is 7.11 Å². The van der Waals surface area contributed by atoms with Gasteiger partial charge < -0.3 is 14.0 Å². The van der Waals surface area contributed by atoms with Gasteiger partial charge in [-0.1, -0.05) is 6.92 Å². The molecule has 2 aromatic rings. The van der Waals surface area contributed by atoms with Crippen molar-refractivity contribution in [2.75, 3.05) is 14.2 Å². The molecule has 1 aromatic heterocycles. The molecule has 1 aromatic carbocycles. The predicted molar refractivity (Wildman–Crippen MR) is 69.8 cm³/mol. The summed E-state index contributed by atoms with van der Waals surface area (Å²) in [5.74, 6) is 0.595. The van der Waals surface area contributed by atoms with Crippen LogP contribution < -0.4 is 4.74 Å². The Morgan fingerprint density at radius 3 is 2.72 bits per heavy atom. The number of esters is 1. The first-order valence-corrected chi connectivity index (χ1v) is 5.93. The minimum Gasteiger partial charge on any atom is -0.497 e. The molecule has 0 radical (unpaired) electrons. The molecule has 0 fully saturated rings. The van der Waals surface area contributed by atoms with Crippen molar-refractivity contribution in [3.8, 4) is 5.75 Å². The Morgan fingerprint density at radius 1 is 1.33 bits per heavy atom. The lowest BCUT2D eigenvalue weighted by molar-refractivity contribution is -0.144. The first kappa shape index (κ1) is 12.5. The Labute approximate surface area is 106 Å². The number of aromatic nitrogens is 1. The molecular weight excluding hydrogens is 230 g/mol. The van der Waals surface area contributed by atoms with Crippen LogP contribution in [0.2, 0.25) is 0 Å². The van der Waals surface area contributed by atoms with E-state index in [9.17, 15) is 4.79 Å². The van der Waals surface area contributed by atoms with E-state index in [1.165, 1.54) is 7.11 Å². The molecule has 4 heteroatoms. The molecule has 0 aliphatic heterocycles. The minimum atomic E-state index is -0.277. The lowest BCUT2D eigenvalue weighted by Gasteiger charge is -2.15. The summed E-state index contributed by atoms with van der Waals surface area (Å²) in [5, 5.41) is 1.05. The van der Waals surface area contributed by atoms with E-state index < -0.39 is 0 Å². The molecule has 1 heterocycles. The van der Waals surface area contributed by atoms with Crippen LogP contribution >= 0.6 is 0 Å². The molecule has 96 valence electrons. The monoisotopic (exact) mass is 247 g/mol. The Hall–Kier alpha value is -1.97. The molecule has 0 aliphatic rings. The maximum absolute atomic E-state index is 11.7. The van der Waals surface area contributed by atoms with Gasteiger partial charge in [0.1, 0.15) is 11.8 Å². The normalized spacial score (nSPS) is 12.4. The lowest BCUT2D eigenvalue weighted by atomic mass is 10.2. The van der Waals surface area contributed by atoms with Crippen molar-refractivity contribution < 1.29 is 14.3 Å². The molecule has 0 amide bonds. The van der Waals surface area contributed by atoms with Crippen molar-refractivity contribution >= 4 is 16.9 Å². The summed E-state index contributed by atoms with van der Waals surface area (Å²) in [7, 11) is 3.06. The summed E-state index contributed by atoms with van der Waals surface area (Å²) in [6, 6.07) is 7.50. The average Bonchev–Trinajstić information content (AvgIpc) is 2.82. The minimum absolute atomic E-state index is 0.217. The fraction of sp³-hybridized carbons (Fsp3) is 0.357. The van der Waals surface area contributed by atoms with Crippen LogP contribution in [0, 0.1) is 0 Å². The highest BCUT2D eigenvalue weighted by Crippen LogP contribution is 2.26. The zero-order chi connectivity index (χ0) is 13.1. The van der Waals surface area contributed by atoms with Gasteiger partial charge in [0.15, 0.2) is 0 Å². The van der Waals surface area contributed by atoms with Gasteiger partial charge in [0.2, 0.25) is 0 Å². The van der Waals surface area contributed by atoms with E-state index in [-0.39, 0.29) is 12.0 Å². The molecule has 0 saturated heterocycles. The standard InChI is InChI=1S/C14H17NO3/c1-4-12(14(16)18-3)15-8-7-10-9-11(17-2)5-6-13(10)15/h5-9,12H,4H2,1-3H3. The van der Waals surface area contributed by atoms with Crippen LogP contribution in [0.4, 0.5) is 0 Å². The molecule has 18 heavy (non-hydrogen) atoms. The van der Waals surface area contributed by atoms with Gasteiger partial charge in [0.05, 0.1) is 14.2 Å². The first-order chi connectivity index (χ1) is 8.71. The van der Waals surface area contributed by atoms with Crippen LogP contribution in [0.15, 0.2) is 30.5 Å². The Morgan fingerprint density at radius 2 is 2.11 bits per heavy atom. The lowest BCUT2D eigenvalue weighted by Crippen LogP contribution is -2.19. The van der Waals surface area contributed by atoms with Crippen LogP contribution in [-0.4, -0.2) is 24.8 Å². The number of methoxy groups -OCH3 is 2. The third-order valence-corrected chi connectivity index (χ3v) is 3.12. The van der Waals surface area contributed by atoms with E-state index in [4.69, 9.17) is 9.47 Å². The maximum Gasteiger partial charge on any atom is 0.328 e. The van der Waals surface area contributed by atoms with E-state index in [1.807, 2.05) is 42.0 Å². The van der Waals surface area contributed by atoms with Gasteiger partial charge in [-0.25, -0.2) is 4.79 Å². The van der Waals surface area contributed by atoms with Gasteiger partial charge in [-0.2, -0.15) is 0 Å². The number of rotatable bonds is 4. The van der Waals surface area contributed by atoms with Crippen molar-refractivity contribution in [2.45, 2.75) is 19.4 Å². The molecule has 0 saturated carbocycles. The fourth-order valence-corrected chi connectivity index (χ4v) is 2.15. The number of hydrogen-bond donors (Lipinski definition) is 0. The van der Waals surface area contributed by atoms with E-state index in [2.05, 4.69) is 0 Å². The number of hydrogen-bond acceptors (Lipinski definition) is 3. The summed E-state index contributed by atoms with van der Waals surface area (Å²) >= 11 is 0. The molecule has 0 N–H and O–H groups in total. The van der Waals surface area contributed by atoms with Gasteiger partial charge in [-0.05, 0) is 30.7 Å². The van der Waals surface area contributed by atoms with Crippen molar-refractivity contribution in [2.24, 2.45) is 0 Å². The van der Waals surface area contributed by atoms with Crippen LogP contribution in [-0.2, 0) is 9.53 Å². The third-order valence-electron chi connectivity index (χ3n) is 3.12. The van der Waals surface area contributed by atoms with Crippen molar-refractivity contribution in [1.29, 1.82) is 0 Å². The second-order valence-electron chi connectivity index (χ2n) is 4.09. The smallest absolute Gasteiger partial charge is 0.328 e. The highest BCUT2D eigenvalue weighted by Gasteiger charge is 2.20. The van der Waals surface area contributed by atoms with Crippen LogP contribution in [0.1, 0.15) is 19.4 Å². The Kier molecular flexibility index (Phi) is 3.55. The highest BCUT2D eigenvalue weighted by atomic mass is 16.5. The number of ether oxygens (including phenoxy) is 2. The summed E-state index contributed by atoms with van der Waals surface area (Å²) in [6.45, 7) is 1.97. The number of carbonyl (C=O) groups is 1. The Balaban J connectivity index is 2.48. The quantitative estimate of drug-likeness (QED) is 0.780. The highest BCUT2D eigenvalue weighted by molar-refractivity contribution is 5.84. The summed E-state index contributed by atoms with van der Waals surface area (Å²) < 4.78 is 12.0. The zero-order valence-corrected chi connectivity index (χ0v) is 10.8. The molecule has 2 rings (SSSR count). The van der Waals surface area contributed by atoms with Gasteiger partial charge >= 0.3 is 5.97 Å². The largest absolute Gasteiger partial charge is 0.497 e. The van der Waals surface area contributed by atoms with Crippen molar-refractivity contribution in [3.63, 3.8) is 0 Å². The second-order valence-corrected chi connectivity index (χ2v) is 4.09. The van der Waals surface area contributed by atoms with Crippen molar-refractivity contribution in [3.05, 3.63) is 30.5 Å². The van der Waals surface area contributed by atoms with E-state index in [0.717, 1.165) is 16.7 Å². The number of fused-ring (bicyclic) bond motifs is 1. The number of nitrogens with zero attached hydrogens (tertiary/aromatic N) is 1. The van der Waals surface area contributed by atoms with Gasteiger partial charge in [-0.15, -0.1) is 0 Å². The molecule has 1 atom stereocenters. The molecular formula is C14H17NO3. The SMILES string of the molecule is CCC(C(=O)OC)n1ccc2cc(OC)ccc21. The van der Waals surface area contributed by atoms with E-state index in [0.29, 0.717) is 6.42 Å². The van der Waals surface area contributed by atoms with Gasteiger partial charge in [-0.3, -0.25) is 0 Å². The molecule has 4 nitrogen and oxygen atoms in total. The maximum atomic E-state index is 11.7. The molecule has 0 aliphatic carbocycles. The van der Waals surface area contributed by atoms with Crippen LogP contribution in [0.5, 0.6) is 5.75 Å². The van der Waals surface area contributed by atoms with Crippen LogP contribution in [0.3, 0.4) is 0 Å².